The van der Waals surface area contributed by atoms with Gasteiger partial charge in [-0.15, -0.1) is 5.10 Å². The highest BCUT2D eigenvalue weighted by atomic mass is 16.2. The van der Waals surface area contributed by atoms with Gasteiger partial charge in [-0.3, -0.25) is 4.79 Å². The highest BCUT2D eigenvalue weighted by Crippen LogP contribution is 2.23. The quantitative estimate of drug-likeness (QED) is 0.776. The number of amides is 1. The van der Waals surface area contributed by atoms with Crippen LogP contribution in [-0.2, 0) is 0 Å². The molecule has 1 amide bonds. The second kappa shape index (κ2) is 4.60. The molecule has 100 valence electrons. The number of piperidine rings is 1. The average molecular weight is 259 g/mol. The van der Waals surface area contributed by atoms with Crippen molar-refractivity contribution in [2.75, 3.05) is 6.54 Å². The minimum Gasteiger partial charge on any atom is -0.336 e. The van der Waals surface area contributed by atoms with Crippen molar-refractivity contribution in [2.45, 2.75) is 32.7 Å². The van der Waals surface area contributed by atoms with Gasteiger partial charge in [0.1, 0.15) is 0 Å². The van der Waals surface area contributed by atoms with E-state index in [9.17, 15) is 4.79 Å². The molecule has 3 rings (SSSR count). The molecule has 1 aliphatic heterocycles. The van der Waals surface area contributed by atoms with Crippen LogP contribution < -0.4 is 0 Å². The van der Waals surface area contributed by atoms with Crippen molar-refractivity contribution in [2.24, 2.45) is 5.92 Å². The van der Waals surface area contributed by atoms with Crippen LogP contribution in [-0.4, -0.2) is 43.4 Å². The number of hydrogen-bond acceptors (Lipinski definition) is 4. The van der Waals surface area contributed by atoms with Crippen molar-refractivity contribution in [3.05, 3.63) is 23.9 Å². The predicted octanol–water partition coefficient (Wildman–Crippen LogP) is 1.38. The maximum Gasteiger partial charge on any atom is 0.255 e. The predicted molar refractivity (Wildman–Crippen MR) is 69.7 cm³/mol. The number of hydrogen-bond donors (Lipinski definition) is 0. The summed E-state index contributed by atoms with van der Waals surface area (Å²) in [7, 11) is 0. The summed E-state index contributed by atoms with van der Waals surface area (Å²) in [6, 6.07) is 3.86. The first-order chi connectivity index (χ1) is 9.15. The fraction of sp³-hybridized carbons (Fsp3) is 0.538. The Morgan fingerprint density at radius 1 is 1.32 bits per heavy atom. The smallest absolute Gasteiger partial charge is 0.255 e. The van der Waals surface area contributed by atoms with E-state index in [0.717, 1.165) is 13.0 Å². The average Bonchev–Trinajstić information content (AvgIpc) is 2.88. The van der Waals surface area contributed by atoms with Gasteiger partial charge in [-0.05, 0) is 48.2 Å². The molecule has 0 bridgehead atoms. The van der Waals surface area contributed by atoms with E-state index in [1.54, 1.807) is 18.3 Å². The van der Waals surface area contributed by atoms with Gasteiger partial charge < -0.3 is 4.90 Å². The third-order valence-electron chi connectivity index (χ3n) is 3.82. The summed E-state index contributed by atoms with van der Waals surface area (Å²) < 4.78 is 1.53. The van der Waals surface area contributed by atoms with Crippen LogP contribution in [0.3, 0.4) is 0 Å². The second-order valence-electron chi connectivity index (χ2n) is 5.39. The zero-order chi connectivity index (χ0) is 13.4. The maximum absolute atomic E-state index is 12.6. The maximum atomic E-state index is 12.6. The van der Waals surface area contributed by atoms with Crippen molar-refractivity contribution in [3.8, 4) is 0 Å². The summed E-state index contributed by atoms with van der Waals surface area (Å²) in [5.74, 6) is 0.633. The molecule has 0 saturated carbocycles. The largest absolute Gasteiger partial charge is 0.336 e. The molecule has 1 aliphatic rings. The van der Waals surface area contributed by atoms with E-state index >= 15 is 0 Å². The Morgan fingerprint density at radius 3 is 3.00 bits per heavy atom. The molecule has 1 saturated heterocycles. The Balaban J connectivity index is 1.89. The van der Waals surface area contributed by atoms with E-state index in [0.29, 0.717) is 23.2 Å². The molecule has 6 heteroatoms. The molecule has 0 aliphatic carbocycles. The molecule has 2 atom stereocenters. The molecule has 0 spiro atoms. The lowest BCUT2D eigenvalue weighted by molar-refractivity contribution is 0.0573. The molecular weight excluding hydrogens is 242 g/mol. The summed E-state index contributed by atoms with van der Waals surface area (Å²) in [5, 5.41) is 11.2. The molecule has 0 N–H and O–H groups in total. The summed E-state index contributed by atoms with van der Waals surface area (Å²) >= 11 is 0. The van der Waals surface area contributed by atoms with Gasteiger partial charge in [0.05, 0.1) is 5.56 Å². The van der Waals surface area contributed by atoms with Crippen molar-refractivity contribution in [1.29, 1.82) is 0 Å². The minimum atomic E-state index is 0.0662. The highest BCUT2D eigenvalue weighted by molar-refractivity contribution is 5.94. The van der Waals surface area contributed by atoms with Crippen LogP contribution in [0, 0.1) is 5.92 Å². The fourth-order valence-corrected chi connectivity index (χ4v) is 2.61. The Hall–Kier alpha value is -1.98. The zero-order valence-electron chi connectivity index (χ0n) is 11.2. The van der Waals surface area contributed by atoms with Crippen LogP contribution >= 0.6 is 0 Å². The second-order valence-corrected chi connectivity index (χ2v) is 5.39. The van der Waals surface area contributed by atoms with E-state index < -0.39 is 0 Å². The SMILES string of the molecule is C[C@H]1CC[C@@H](C)N(C(=O)c2ccc3nnnn3c2)C1. The number of rotatable bonds is 1. The lowest BCUT2D eigenvalue weighted by Gasteiger charge is -2.36. The van der Waals surface area contributed by atoms with Gasteiger partial charge in [0, 0.05) is 18.8 Å². The summed E-state index contributed by atoms with van der Waals surface area (Å²) in [6.07, 6.45) is 3.96. The number of fused-ring (bicyclic) bond motifs is 1. The van der Waals surface area contributed by atoms with E-state index in [1.807, 2.05) is 4.90 Å². The third-order valence-corrected chi connectivity index (χ3v) is 3.82. The van der Waals surface area contributed by atoms with Gasteiger partial charge in [0.25, 0.3) is 5.91 Å². The third kappa shape index (κ3) is 2.18. The molecule has 19 heavy (non-hydrogen) atoms. The number of tetrazole rings is 1. The number of nitrogens with zero attached hydrogens (tertiary/aromatic N) is 5. The molecule has 3 heterocycles. The van der Waals surface area contributed by atoms with Gasteiger partial charge >= 0.3 is 0 Å². The topological polar surface area (TPSA) is 63.4 Å². The van der Waals surface area contributed by atoms with Crippen molar-refractivity contribution in [1.82, 2.24) is 24.9 Å². The van der Waals surface area contributed by atoms with Crippen LogP contribution in [0.5, 0.6) is 0 Å². The summed E-state index contributed by atoms with van der Waals surface area (Å²) in [4.78, 5) is 14.5. The Morgan fingerprint density at radius 2 is 2.16 bits per heavy atom. The van der Waals surface area contributed by atoms with Crippen LogP contribution in [0.1, 0.15) is 37.0 Å². The fourth-order valence-electron chi connectivity index (χ4n) is 2.61. The Labute approximate surface area is 111 Å². The first-order valence-electron chi connectivity index (χ1n) is 6.64. The Kier molecular flexibility index (Phi) is 2.93. The Bertz CT molecular complexity index is 608. The minimum absolute atomic E-state index is 0.0662. The van der Waals surface area contributed by atoms with Gasteiger partial charge in [0.15, 0.2) is 5.65 Å². The monoisotopic (exact) mass is 259 g/mol. The zero-order valence-corrected chi connectivity index (χ0v) is 11.2. The lowest BCUT2D eigenvalue weighted by atomic mass is 9.94. The first kappa shape index (κ1) is 12.1. The van der Waals surface area contributed by atoms with E-state index in [4.69, 9.17) is 0 Å². The molecule has 1 fully saturated rings. The first-order valence-corrected chi connectivity index (χ1v) is 6.64. The van der Waals surface area contributed by atoms with Crippen LogP contribution in [0.15, 0.2) is 18.3 Å². The van der Waals surface area contributed by atoms with Crippen molar-refractivity contribution >= 4 is 11.6 Å². The number of aromatic nitrogens is 4. The molecule has 0 radical (unpaired) electrons. The number of carbonyl (C=O) groups is 1. The van der Waals surface area contributed by atoms with Gasteiger partial charge in [0.2, 0.25) is 0 Å². The molecule has 0 unspecified atom stereocenters. The van der Waals surface area contributed by atoms with E-state index in [2.05, 4.69) is 29.4 Å². The highest BCUT2D eigenvalue weighted by Gasteiger charge is 2.27. The standard InChI is InChI=1S/C13H17N5O/c1-9-3-4-10(2)17(7-9)13(19)11-5-6-12-14-15-16-18(12)8-11/h5-6,8-10H,3-4,7H2,1-2H3/t9-,10+/m0/s1. The molecule has 0 aromatic carbocycles. The lowest BCUT2D eigenvalue weighted by Crippen LogP contribution is -2.45. The summed E-state index contributed by atoms with van der Waals surface area (Å²) in [6.45, 7) is 5.13. The van der Waals surface area contributed by atoms with Gasteiger partial charge in [-0.2, -0.15) is 4.52 Å². The van der Waals surface area contributed by atoms with E-state index in [-0.39, 0.29) is 5.91 Å². The number of pyridine rings is 1. The van der Waals surface area contributed by atoms with Gasteiger partial charge in [-0.25, -0.2) is 0 Å². The van der Waals surface area contributed by atoms with Crippen LogP contribution in [0.2, 0.25) is 0 Å². The number of carbonyl (C=O) groups excluding carboxylic acids is 1. The number of likely N-dealkylation sites (tertiary alicyclic amines) is 1. The van der Waals surface area contributed by atoms with Crippen LogP contribution in [0.25, 0.3) is 5.65 Å². The van der Waals surface area contributed by atoms with Crippen molar-refractivity contribution in [3.63, 3.8) is 0 Å². The molecular formula is C13H17N5O. The molecule has 2 aromatic rings. The van der Waals surface area contributed by atoms with Crippen molar-refractivity contribution < 1.29 is 4.79 Å². The van der Waals surface area contributed by atoms with E-state index in [1.165, 1.54) is 10.9 Å². The van der Waals surface area contributed by atoms with Gasteiger partial charge in [-0.1, -0.05) is 6.92 Å². The molecule has 6 nitrogen and oxygen atoms in total. The molecule has 2 aromatic heterocycles. The normalized spacial score (nSPS) is 23.8. The summed E-state index contributed by atoms with van der Waals surface area (Å²) in [5.41, 5.74) is 1.29. The van der Waals surface area contributed by atoms with Crippen LogP contribution in [0.4, 0.5) is 0 Å².